The maximum atomic E-state index is 11.8. The molecule has 1 aromatic carbocycles. The molecule has 1 amide bonds. The molecule has 1 aliphatic heterocycles. The van der Waals surface area contributed by atoms with Crippen molar-refractivity contribution in [3.8, 4) is 0 Å². The van der Waals surface area contributed by atoms with E-state index in [4.69, 9.17) is 0 Å². The Labute approximate surface area is 122 Å². The molecule has 110 valence electrons. The number of aryl methyl sites for hydroxylation is 2. The van der Waals surface area contributed by atoms with Gasteiger partial charge in [0.05, 0.1) is 0 Å². The zero-order valence-electron chi connectivity index (χ0n) is 12.5. The fourth-order valence-electron chi connectivity index (χ4n) is 2.64. The Morgan fingerprint density at radius 3 is 2.80 bits per heavy atom. The summed E-state index contributed by atoms with van der Waals surface area (Å²) < 4.78 is 0. The van der Waals surface area contributed by atoms with E-state index in [2.05, 4.69) is 41.8 Å². The molecule has 0 spiro atoms. The Morgan fingerprint density at radius 1 is 1.30 bits per heavy atom. The van der Waals surface area contributed by atoms with Crippen LogP contribution >= 0.6 is 0 Å². The minimum atomic E-state index is 0.211. The van der Waals surface area contributed by atoms with E-state index in [-0.39, 0.29) is 5.91 Å². The van der Waals surface area contributed by atoms with Crippen molar-refractivity contribution in [2.24, 2.45) is 0 Å². The van der Waals surface area contributed by atoms with Gasteiger partial charge in [0, 0.05) is 19.0 Å². The highest BCUT2D eigenvalue weighted by molar-refractivity contribution is 5.76. The van der Waals surface area contributed by atoms with Gasteiger partial charge in [-0.1, -0.05) is 29.8 Å². The van der Waals surface area contributed by atoms with Crippen LogP contribution in [-0.2, 0) is 11.2 Å². The van der Waals surface area contributed by atoms with E-state index < -0.39 is 0 Å². The molecule has 0 saturated carbocycles. The van der Waals surface area contributed by atoms with Crippen LogP contribution in [0.4, 0.5) is 0 Å². The second-order valence-electron chi connectivity index (χ2n) is 5.80. The van der Waals surface area contributed by atoms with Crippen molar-refractivity contribution in [3.05, 3.63) is 35.4 Å². The Balaban J connectivity index is 1.58. The first-order valence-corrected chi connectivity index (χ1v) is 7.79. The Bertz CT molecular complexity index is 408. The summed E-state index contributed by atoms with van der Waals surface area (Å²) in [6.45, 7) is 4.12. The third-order valence-corrected chi connectivity index (χ3v) is 3.90. The number of rotatable bonds is 6. The van der Waals surface area contributed by atoms with Gasteiger partial charge in [0.1, 0.15) is 0 Å². The van der Waals surface area contributed by atoms with E-state index in [9.17, 15) is 4.79 Å². The summed E-state index contributed by atoms with van der Waals surface area (Å²) in [5, 5.41) is 6.44. The molecule has 1 heterocycles. The van der Waals surface area contributed by atoms with Crippen LogP contribution in [0.5, 0.6) is 0 Å². The molecule has 2 N–H and O–H groups in total. The lowest BCUT2D eigenvalue weighted by molar-refractivity contribution is -0.122. The van der Waals surface area contributed by atoms with E-state index in [1.165, 1.54) is 17.5 Å². The number of benzene rings is 1. The normalized spacial score (nSPS) is 18.8. The van der Waals surface area contributed by atoms with Crippen LogP contribution in [0.2, 0.25) is 0 Å². The zero-order valence-corrected chi connectivity index (χ0v) is 12.5. The van der Waals surface area contributed by atoms with E-state index >= 15 is 0 Å². The van der Waals surface area contributed by atoms with Crippen LogP contribution in [0, 0.1) is 6.92 Å². The number of hydrogen-bond donors (Lipinski definition) is 2. The zero-order chi connectivity index (χ0) is 14.2. The predicted octanol–water partition coefficient (Wildman–Crippen LogP) is 2.58. The Morgan fingerprint density at radius 2 is 2.10 bits per heavy atom. The quantitative estimate of drug-likeness (QED) is 0.783. The van der Waals surface area contributed by atoms with Gasteiger partial charge in [-0.2, -0.15) is 0 Å². The molecule has 1 unspecified atom stereocenters. The van der Waals surface area contributed by atoms with E-state index in [1.54, 1.807) is 0 Å². The monoisotopic (exact) mass is 274 g/mol. The van der Waals surface area contributed by atoms with Gasteiger partial charge in [-0.3, -0.25) is 4.79 Å². The molecule has 2 rings (SSSR count). The smallest absolute Gasteiger partial charge is 0.220 e. The summed E-state index contributed by atoms with van der Waals surface area (Å²) in [5.41, 5.74) is 2.67. The van der Waals surface area contributed by atoms with Crippen LogP contribution in [0.1, 0.15) is 43.2 Å². The third kappa shape index (κ3) is 5.33. The molecular formula is C17H26N2O. The lowest BCUT2D eigenvalue weighted by atomic mass is 10.0. The van der Waals surface area contributed by atoms with Gasteiger partial charge in [-0.15, -0.1) is 0 Å². The lowest BCUT2D eigenvalue weighted by Gasteiger charge is -2.23. The molecule has 0 radical (unpaired) electrons. The fourth-order valence-corrected chi connectivity index (χ4v) is 2.64. The third-order valence-electron chi connectivity index (χ3n) is 3.90. The minimum absolute atomic E-state index is 0.211. The second kappa shape index (κ2) is 8.05. The number of carbonyl (C=O) groups excluding carboxylic acids is 1. The molecule has 1 aliphatic rings. The number of hydrogen-bond acceptors (Lipinski definition) is 2. The van der Waals surface area contributed by atoms with E-state index in [0.29, 0.717) is 12.5 Å². The molecule has 3 nitrogen and oxygen atoms in total. The van der Waals surface area contributed by atoms with Crippen molar-refractivity contribution < 1.29 is 4.79 Å². The van der Waals surface area contributed by atoms with E-state index in [1.807, 2.05) is 0 Å². The van der Waals surface area contributed by atoms with Crippen molar-refractivity contribution in [1.29, 1.82) is 0 Å². The van der Waals surface area contributed by atoms with Crippen molar-refractivity contribution in [3.63, 3.8) is 0 Å². The maximum absolute atomic E-state index is 11.8. The van der Waals surface area contributed by atoms with E-state index in [0.717, 1.165) is 38.8 Å². The molecule has 1 fully saturated rings. The number of piperidine rings is 1. The van der Waals surface area contributed by atoms with Gasteiger partial charge in [-0.25, -0.2) is 0 Å². The molecular weight excluding hydrogens is 248 g/mol. The first-order valence-electron chi connectivity index (χ1n) is 7.79. The van der Waals surface area contributed by atoms with Crippen molar-refractivity contribution in [2.45, 2.75) is 51.5 Å². The summed E-state index contributed by atoms with van der Waals surface area (Å²) >= 11 is 0. The first-order chi connectivity index (χ1) is 9.74. The van der Waals surface area contributed by atoms with Crippen LogP contribution in [0.15, 0.2) is 24.3 Å². The van der Waals surface area contributed by atoms with Crippen LogP contribution in [-0.4, -0.2) is 25.0 Å². The van der Waals surface area contributed by atoms with Gasteiger partial charge in [0.25, 0.3) is 0 Å². The topological polar surface area (TPSA) is 41.1 Å². The molecule has 3 heteroatoms. The van der Waals surface area contributed by atoms with Gasteiger partial charge in [-0.05, 0) is 51.1 Å². The second-order valence-corrected chi connectivity index (χ2v) is 5.80. The predicted molar refractivity (Wildman–Crippen MR) is 82.8 cm³/mol. The average Bonchev–Trinajstić information content (AvgIpc) is 2.46. The number of carbonyl (C=O) groups is 1. The Hall–Kier alpha value is -1.35. The fraction of sp³-hybridized carbons (Fsp3) is 0.588. The summed E-state index contributed by atoms with van der Waals surface area (Å²) in [7, 11) is 0. The van der Waals surface area contributed by atoms with Gasteiger partial charge in [0.15, 0.2) is 0 Å². The lowest BCUT2D eigenvalue weighted by Crippen LogP contribution is -2.45. The SMILES string of the molecule is Cc1ccc(CCCCC(=O)NC2CCCNC2)cc1. The number of amides is 1. The Kier molecular flexibility index (Phi) is 6.06. The molecule has 1 saturated heterocycles. The number of nitrogens with one attached hydrogen (secondary N) is 2. The molecule has 0 aliphatic carbocycles. The summed E-state index contributed by atoms with van der Waals surface area (Å²) in [4.78, 5) is 11.8. The highest BCUT2D eigenvalue weighted by Gasteiger charge is 2.14. The summed E-state index contributed by atoms with van der Waals surface area (Å²) in [6, 6.07) is 9.01. The van der Waals surface area contributed by atoms with Crippen molar-refractivity contribution >= 4 is 5.91 Å². The minimum Gasteiger partial charge on any atom is -0.352 e. The standard InChI is InChI=1S/C17H26N2O/c1-14-8-10-15(11-9-14)5-2-3-7-17(20)19-16-6-4-12-18-13-16/h8-11,16,18H,2-7,12-13H2,1H3,(H,19,20). The highest BCUT2D eigenvalue weighted by Crippen LogP contribution is 2.09. The van der Waals surface area contributed by atoms with Crippen molar-refractivity contribution in [1.82, 2.24) is 10.6 Å². The van der Waals surface area contributed by atoms with Crippen LogP contribution in [0.25, 0.3) is 0 Å². The molecule has 1 aromatic rings. The van der Waals surface area contributed by atoms with Gasteiger partial charge < -0.3 is 10.6 Å². The van der Waals surface area contributed by atoms with Gasteiger partial charge >= 0.3 is 0 Å². The van der Waals surface area contributed by atoms with Crippen LogP contribution in [0.3, 0.4) is 0 Å². The largest absolute Gasteiger partial charge is 0.352 e. The summed E-state index contributed by atoms with van der Waals surface area (Å²) in [5.74, 6) is 0.211. The first kappa shape index (κ1) is 15.0. The average molecular weight is 274 g/mol. The number of unbranched alkanes of at least 4 members (excludes halogenated alkanes) is 1. The molecule has 0 bridgehead atoms. The molecule has 1 atom stereocenters. The highest BCUT2D eigenvalue weighted by atomic mass is 16.1. The molecule has 20 heavy (non-hydrogen) atoms. The maximum Gasteiger partial charge on any atom is 0.220 e. The van der Waals surface area contributed by atoms with Crippen LogP contribution < -0.4 is 10.6 Å². The molecule has 0 aromatic heterocycles. The van der Waals surface area contributed by atoms with Gasteiger partial charge in [0.2, 0.25) is 5.91 Å². The summed E-state index contributed by atoms with van der Waals surface area (Å²) in [6.07, 6.45) is 6.06. The van der Waals surface area contributed by atoms with Crippen molar-refractivity contribution in [2.75, 3.05) is 13.1 Å².